The van der Waals surface area contributed by atoms with E-state index in [4.69, 9.17) is 5.73 Å². The quantitative estimate of drug-likeness (QED) is 0.759. The van der Waals surface area contributed by atoms with E-state index < -0.39 is 0 Å². The number of hydrogen-bond acceptors (Lipinski definition) is 3. The van der Waals surface area contributed by atoms with Crippen LogP contribution in [-0.4, -0.2) is 15.0 Å². The standard InChI is InChI=1S/C18H20N4/c19-13-17-18(12-11-15-7-3-1-4-8-15)22(21-20-17)14-16-9-5-2-6-10-16/h1-10H,11-14,19H2. The van der Waals surface area contributed by atoms with Crippen molar-refractivity contribution >= 4 is 0 Å². The van der Waals surface area contributed by atoms with Gasteiger partial charge in [-0.2, -0.15) is 0 Å². The van der Waals surface area contributed by atoms with Crippen molar-refractivity contribution in [3.05, 3.63) is 83.2 Å². The minimum atomic E-state index is 0.429. The van der Waals surface area contributed by atoms with E-state index in [0.29, 0.717) is 6.54 Å². The minimum absolute atomic E-state index is 0.429. The Morgan fingerprint density at radius 3 is 2.09 bits per heavy atom. The molecule has 4 nitrogen and oxygen atoms in total. The molecule has 0 atom stereocenters. The normalized spacial score (nSPS) is 10.8. The number of nitrogens with zero attached hydrogens (tertiary/aromatic N) is 3. The lowest BCUT2D eigenvalue weighted by Gasteiger charge is -2.08. The van der Waals surface area contributed by atoms with Gasteiger partial charge in [0, 0.05) is 6.54 Å². The topological polar surface area (TPSA) is 56.7 Å². The van der Waals surface area contributed by atoms with Crippen LogP contribution >= 0.6 is 0 Å². The van der Waals surface area contributed by atoms with E-state index in [1.54, 1.807) is 0 Å². The van der Waals surface area contributed by atoms with Crippen molar-refractivity contribution in [2.45, 2.75) is 25.9 Å². The molecule has 0 unspecified atom stereocenters. The Labute approximate surface area is 130 Å². The molecule has 0 saturated carbocycles. The van der Waals surface area contributed by atoms with E-state index in [1.165, 1.54) is 11.1 Å². The maximum Gasteiger partial charge on any atom is 0.0994 e. The van der Waals surface area contributed by atoms with E-state index in [9.17, 15) is 0 Å². The Balaban J connectivity index is 1.78. The molecule has 3 aromatic rings. The zero-order valence-corrected chi connectivity index (χ0v) is 12.5. The lowest BCUT2D eigenvalue weighted by molar-refractivity contribution is 0.615. The van der Waals surface area contributed by atoms with Gasteiger partial charge in [0.15, 0.2) is 0 Å². The zero-order valence-electron chi connectivity index (χ0n) is 12.5. The number of rotatable bonds is 6. The minimum Gasteiger partial charge on any atom is -0.325 e. The Hall–Kier alpha value is -2.46. The van der Waals surface area contributed by atoms with Crippen LogP contribution in [0.2, 0.25) is 0 Å². The Morgan fingerprint density at radius 2 is 1.45 bits per heavy atom. The second-order valence-corrected chi connectivity index (χ2v) is 5.32. The van der Waals surface area contributed by atoms with E-state index in [2.05, 4.69) is 46.7 Å². The van der Waals surface area contributed by atoms with Crippen LogP contribution < -0.4 is 5.73 Å². The van der Waals surface area contributed by atoms with Gasteiger partial charge in [-0.05, 0) is 24.0 Å². The van der Waals surface area contributed by atoms with Gasteiger partial charge in [-0.25, -0.2) is 4.68 Å². The van der Waals surface area contributed by atoms with Crippen LogP contribution in [0.25, 0.3) is 0 Å². The summed E-state index contributed by atoms with van der Waals surface area (Å²) in [4.78, 5) is 0. The van der Waals surface area contributed by atoms with Crippen molar-refractivity contribution in [3.8, 4) is 0 Å². The fourth-order valence-corrected chi connectivity index (χ4v) is 2.59. The molecule has 0 saturated heterocycles. The summed E-state index contributed by atoms with van der Waals surface area (Å²) < 4.78 is 1.97. The number of aryl methyl sites for hydroxylation is 1. The molecule has 0 amide bonds. The summed E-state index contributed by atoms with van der Waals surface area (Å²) in [5, 5.41) is 8.51. The number of aromatic nitrogens is 3. The molecule has 0 spiro atoms. The van der Waals surface area contributed by atoms with Crippen molar-refractivity contribution in [3.63, 3.8) is 0 Å². The van der Waals surface area contributed by atoms with Crippen LogP contribution in [0.15, 0.2) is 60.7 Å². The molecule has 4 heteroatoms. The highest BCUT2D eigenvalue weighted by Gasteiger charge is 2.12. The van der Waals surface area contributed by atoms with Crippen LogP contribution in [0.1, 0.15) is 22.5 Å². The summed E-state index contributed by atoms with van der Waals surface area (Å²) in [7, 11) is 0. The van der Waals surface area contributed by atoms with Crippen LogP contribution in [-0.2, 0) is 25.9 Å². The predicted octanol–water partition coefficient (Wildman–Crippen LogP) is 2.57. The van der Waals surface area contributed by atoms with Crippen LogP contribution in [0, 0.1) is 0 Å². The molecule has 1 aromatic heterocycles. The number of hydrogen-bond donors (Lipinski definition) is 1. The zero-order chi connectivity index (χ0) is 15.2. The highest BCUT2D eigenvalue weighted by atomic mass is 15.4. The smallest absolute Gasteiger partial charge is 0.0994 e. The third-order valence-corrected chi connectivity index (χ3v) is 3.78. The van der Waals surface area contributed by atoms with Crippen LogP contribution in [0.4, 0.5) is 0 Å². The third-order valence-electron chi connectivity index (χ3n) is 3.78. The average molecular weight is 292 g/mol. The first-order chi connectivity index (χ1) is 10.9. The molecule has 0 aliphatic heterocycles. The molecule has 2 N–H and O–H groups in total. The molecule has 22 heavy (non-hydrogen) atoms. The maximum atomic E-state index is 5.81. The molecule has 112 valence electrons. The Morgan fingerprint density at radius 1 is 0.818 bits per heavy atom. The molecular formula is C18H20N4. The third kappa shape index (κ3) is 3.40. The van der Waals surface area contributed by atoms with Gasteiger partial charge in [0.2, 0.25) is 0 Å². The summed E-state index contributed by atoms with van der Waals surface area (Å²) in [6, 6.07) is 20.8. The Bertz CT molecular complexity index is 704. The lowest BCUT2D eigenvalue weighted by atomic mass is 10.1. The molecule has 0 radical (unpaired) electrons. The van der Waals surface area contributed by atoms with Gasteiger partial charge in [0.1, 0.15) is 0 Å². The van der Waals surface area contributed by atoms with Crippen LogP contribution in [0.3, 0.4) is 0 Å². The summed E-state index contributed by atoms with van der Waals surface area (Å²) in [5.41, 5.74) is 10.4. The van der Waals surface area contributed by atoms with E-state index in [1.807, 2.05) is 28.9 Å². The first-order valence-corrected chi connectivity index (χ1v) is 7.56. The van der Waals surface area contributed by atoms with Crippen molar-refractivity contribution in [1.29, 1.82) is 0 Å². The Kier molecular flexibility index (Phi) is 4.61. The fourth-order valence-electron chi connectivity index (χ4n) is 2.59. The second kappa shape index (κ2) is 7.00. The van der Waals surface area contributed by atoms with Crippen LogP contribution in [0.5, 0.6) is 0 Å². The monoisotopic (exact) mass is 292 g/mol. The molecule has 0 aliphatic rings. The molecule has 0 bridgehead atoms. The molecule has 2 aromatic carbocycles. The predicted molar refractivity (Wildman–Crippen MR) is 87.3 cm³/mol. The van der Waals surface area contributed by atoms with Crippen molar-refractivity contribution in [1.82, 2.24) is 15.0 Å². The van der Waals surface area contributed by atoms with Gasteiger partial charge in [0.05, 0.1) is 17.9 Å². The van der Waals surface area contributed by atoms with Gasteiger partial charge in [-0.1, -0.05) is 65.9 Å². The summed E-state index contributed by atoms with van der Waals surface area (Å²) in [6.45, 7) is 1.16. The lowest BCUT2D eigenvalue weighted by Crippen LogP contribution is -2.10. The van der Waals surface area contributed by atoms with E-state index in [0.717, 1.165) is 30.8 Å². The molecule has 0 fully saturated rings. The van der Waals surface area contributed by atoms with E-state index in [-0.39, 0.29) is 0 Å². The van der Waals surface area contributed by atoms with Crippen molar-refractivity contribution in [2.24, 2.45) is 5.73 Å². The van der Waals surface area contributed by atoms with E-state index >= 15 is 0 Å². The van der Waals surface area contributed by atoms with Gasteiger partial charge < -0.3 is 5.73 Å². The maximum absolute atomic E-state index is 5.81. The molecule has 0 aliphatic carbocycles. The van der Waals surface area contributed by atoms with Gasteiger partial charge in [-0.3, -0.25) is 0 Å². The highest BCUT2D eigenvalue weighted by Crippen LogP contribution is 2.12. The second-order valence-electron chi connectivity index (χ2n) is 5.32. The largest absolute Gasteiger partial charge is 0.325 e. The molecule has 3 rings (SSSR count). The molecule has 1 heterocycles. The SMILES string of the molecule is NCc1nnn(Cc2ccccc2)c1CCc1ccccc1. The van der Waals surface area contributed by atoms with Gasteiger partial charge in [-0.15, -0.1) is 5.10 Å². The summed E-state index contributed by atoms with van der Waals surface area (Å²) >= 11 is 0. The van der Waals surface area contributed by atoms with Crippen molar-refractivity contribution in [2.75, 3.05) is 0 Å². The summed E-state index contributed by atoms with van der Waals surface area (Å²) in [6.07, 6.45) is 1.87. The average Bonchev–Trinajstić information content (AvgIpc) is 2.96. The number of nitrogens with two attached hydrogens (primary N) is 1. The first kappa shape index (κ1) is 14.5. The first-order valence-electron chi connectivity index (χ1n) is 7.56. The highest BCUT2D eigenvalue weighted by molar-refractivity contribution is 5.20. The van der Waals surface area contributed by atoms with Crippen molar-refractivity contribution < 1.29 is 0 Å². The van der Waals surface area contributed by atoms with Gasteiger partial charge >= 0.3 is 0 Å². The van der Waals surface area contributed by atoms with Gasteiger partial charge in [0.25, 0.3) is 0 Å². The molecular weight excluding hydrogens is 272 g/mol. The fraction of sp³-hybridized carbons (Fsp3) is 0.222. The summed E-state index contributed by atoms with van der Waals surface area (Å²) in [5.74, 6) is 0. The number of benzene rings is 2.